The maximum absolute atomic E-state index is 15.1. The van der Waals surface area contributed by atoms with Gasteiger partial charge >= 0.3 is 18.3 Å². The Morgan fingerprint density at radius 2 is 1.41 bits per heavy atom. The predicted molar refractivity (Wildman–Crippen MR) is 134 cm³/mol. The summed E-state index contributed by atoms with van der Waals surface area (Å²) in [6.07, 6.45) is -3.40. The van der Waals surface area contributed by atoms with Gasteiger partial charge in [-0.05, 0) is 36.4 Å². The van der Waals surface area contributed by atoms with Crippen LogP contribution in [0, 0.1) is 11.6 Å². The largest absolute Gasteiger partial charge is 0.448 e. The first-order valence-corrected chi connectivity index (χ1v) is 12.1. The monoisotopic (exact) mass is 547 g/mol. The molecule has 0 spiro atoms. The molecule has 4 N–H and O–H groups in total. The number of carbonyl (C=O) groups excluding carboxylic acids is 4. The van der Waals surface area contributed by atoms with E-state index < -0.39 is 42.1 Å². The number of nitrogens with zero attached hydrogens (tertiary/aromatic N) is 2. The number of anilines is 2. The van der Waals surface area contributed by atoms with E-state index in [9.17, 15) is 19.2 Å². The van der Waals surface area contributed by atoms with Crippen LogP contribution in [0.2, 0.25) is 0 Å². The second-order valence-corrected chi connectivity index (χ2v) is 8.80. The number of cyclic esters (lactones) is 2. The van der Waals surface area contributed by atoms with Crippen molar-refractivity contribution in [2.45, 2.75) is 19.1 Å². The molecule has 0 unspecified atom stereocenters. The van der Waals surface area contributed by atoms with Crippen molar-refractivity contribution in [2.24, 2.45) is 5.73 Å². The minimum absolute atomic E-state index is 0.0116. The van der Waals surface area contributed by atoms with Gasteiger partial charge in [-0.15, -0.1) is 0 Å². The highest BCUT2D eigenvalue weighted by Crippen LogP contribution is 2.33. The molecule has 2 heterocycles. The summed E-state index contributed by atoms with van der Waals surface area (Å²) >= 11 is 0. The number of hydrogen-bond donors (Lipinski definition) is 3. The zero-order valence-electron chi connectivity index (χ0n) is 20.9. The van der Waals surface area contributed by atoms with E-state index in [0.717, 1.165) is 12.1 Å². The fourth-order valence-corrected chi connectivity index (χ4v) is 4.12. The summed E-state index contributed by atoms with van der Waals surface area (Å²) < 4.78 is 45.3. The fraction of sp³-hybridized carbons (Fsp3) is 0.360. The highest BCUT2D eigenvalue weighted by Gasteiger charge is 2.34. The van der Waals surface area contributed by atoms with Crippen molar-refractivity contribution in [3.8, 4) is 11.1 Å². The second-order valence-electron chi connectivity index (χ2n) is 8.80. The van der Waals surface area contributed by atoms with E-state index in [0.29, 0.717) is 0 Å². The van der Waals surface area contributed by atoms with Gasteiger partial charge in [0.1, 0.15) is 30.4 Å². The third-order valence-electron chi connectivity index (χ3n) is 5.97. The smallest absolute Gasteiger partial charge is 0.414 e. The van der Waals surface area contributed by atoms with E-state index in [4.69, 9.17) is 19.9 Å². The molecule has 0 aromatic heterocycles. The van der Waals surface area contributed by atoms with E-state index in [1.165, 1.54) is 41.0 Å². The minimum Gasteiger partial charge on any atom is -0.448 e. The van der Waals surface area contributed by atoms with Crippen molar-refractivity contribution in [3.63, 3.8) is 0 Å². The molecule has 0 bridgehead atoms. The third-order valence-corrected chi connectivity index (χ3v) is 5.97. The highest BCUT2D eigenvalue weighted by molar-refractivity contribution is 5.91. The number of benzene rings is 2. The molecular formula is C25H27F2N5O7. The van der Waals surface area contributed by atoms with Crippen LogP contribution < -0.4 is 26.2 Å². The molecule has 14 heteroatoms. The normalized spacial score (nSPS) is 18.6. The lowest BCUT2D eigenvalue weighted by Gasteiger charge is -2.16. The Morgan fingerprint density at radius 3 is 1.85 bits per heavy atom. The average molecular weight is 548 g/mol. The first-order valence-electron chi connectivity index (χ1n) is 12.1. The lowest BCUT2D eigenvalue weighted by molar-refractivity contribution is -0.119. The van der Waals surface area contributed by atoms with Crippen molar-refractivity contribution >= 4 is 35.6 Å². The van der Waals surface area contributed by atoms with E-state index in [1.54, 1.807) is 0 Å². The average Bonchev–Trinajstić information content (AvgIpc) is 3.46. The number of halogens is 2. The summed E-state index contributed by atoms with van der Waals surface area (Å²) in [7, 11) is 0. The van der Waals surface area contributed by atoms with Gasteiger partial charge in [0.25, 0.3) is 0 Å². The van der Waals surface area contributed by atoms with Crippen LogP contribution in [0.1, 0.15) is 6.92 Å². The van der Waals surface area contributed by atoms with E-state index in [2.05, 4.69) is 10.6 Å². The van der Waals surface area contributed by atoms with E-state index in [1.807, 2.05) is 0 Å². The molecule has 2 aromatic carbocycles. The number of ether oxygens (including phenoxy) is 3. The van der Waals surface area contributed by atoms with Crippen molar-refractivity contribution in [1.82, 2.24) is 10.6 Å². The lowest BCUT2D eigenvalue weighted by atomic mass is 10.0. The molecular weight excluding hydrogens is 520 g/mol. The molecule has 2 aliphatic heterocycles. The van der Waals surface area contributed by atoms with Gasteiger partial charge in [0.2, 0.25) is 5.91 Å². The number of nitrogens with two attached hydrogens (primary N) is 1. The van der Waals surface area contributed by atoms with Gasteiger partial charge < -0.3 is 30.6 Å². The molecule has 12 nitrogen and oxygen atoms in total. The summed E-state index contributed by atoms with van der Waals surface area (Å²) in [5.41, 5.74) is 5.57. The van der Waals surface area contributed by atoms with Gasteiger partial charge in [0.15, 0.2) is 0 Å². The molecule has 0 saturated carbocycles. The maximum Gasteiger partial charge on any atom is 0.414 e. The third kappa shape index (κ3) is 6.52. The Hall–Kier alpha value is -4.46. The number of hydrogen-bond acceptors (Lipinski definition) is 8. The lowest BCUT2D eigenvalue weighted by Crippen LogP contribution is -2.35. The molecule has 4 rings (SSSR count). The topological polar surface area (TPSA) is 153 Å². The number of nitrogens with one attached hydrogen (secondary N) is 2. The van der Waals surface area contributed by atoms with Crippen LogP contribution >= 0.6 is 0 Å². The minimum atomic E-state index is -0.783. The van der Waals surface area contributed by atoms with Crippen LogP contribution in [0.3, 0.4) is 0 Å². The van der Waals surface area contributed by atoms with Crippen LogP contribution in [0.5, 0.6) is 0 Å². The molecule has 208 valence electrons. The number of carbonyl (C=O) groups is 4. The number of alkyl carbamates (subject to hydrolysis) is 1. The first-order chi connectivity index (χ1) is 18.7. The zero-order valence-corrected chi connectivity index (χ0v) is 20.9. The van der Waals surface area contributed by atoms with Crippen molar-refractivity contribution in [2.75, 3.05) is 49.1 Å². The van der Waals surface area contributed by atoms with Crippen LogP contribution in [-0.4, -0.2) is 75.7 Å². The fourth-order valence-electron chi connectivity index (χ4n) is 4.12. The molecule has 2 fully saturated rings. The Morgan fingerprint density at radius 1 is 0.923 bits per heavy atom. The summed E-state index contributed by atoms with van der Waals surface area (Å²) in [5.74, 6) is -1.83. The molecule has 0 aliphatic carbocycles. The van der Waals surface area contributed by atoms with Crippen molar-refractivity contribution < 1.29 is 42.2 Å². The standard InChI is InChI=1S/C25H27F2N5O7/c1-14(33)29-10-17-12-31(24(35)38-17)15-2-4-19(21(26)8-15)20-5-3-16(9-22(20)27)32-13-18(39-25(32)36)11-30-23(34)37-7-6-28/h2-5,8-9,17-18H,6-7,10-13,28H2,1H3,(H,29,33)(H,30,34)/t17-,18-/m0/s1. The van der Waals surface area contributed by atoms with Gasteiger partial charge in [-0.3, -0.25) is 14.6 Å². The van der Waals surface area contributed by atoms with E-state index in [-0.39, 0.29) is 67.7 Å². The van der Waals surface area contributed by atoms with Gasteiger partial charge in [-0.25, -0.2) is 23.2 Å². The molecule has 2 saturated heterocycles. The predicted octanol–water partition coefficient (Wildman–Crippen LogP) is 2.10. The quantitative estimate of drug-likeness (QED) is 0.404. The summed E-state index contributed by atoms with van der Waals surface area (Å²) in [5, 5.41) is 5.01. The molecule has 2 aromatic rings. The Labute approximate surface area is 221 Å². The van der Waals surface area contributed by atoms with Crippen molar-refractivity contribution in [3.05, 3.63) is 48.0 Å². The van der Waals surface area contributed by atoms with Crippen LogP contribution in [0.15, 0.2) is 36.4 Å². The number of amides is 4. The SMILES string of the molecule is CC(=O)NC[C@H]1CN(c2ccc(-c3ccc(N4C[C@H](CNC(=O)OCCN)OC4=O)cc3F)c(F)c2)C(=O)O1. The summed E-state index contributed by atoms with van der Waals surface area (Å²) in [6.45, 7) is 1.82. The van der Waals surface area contributed by atoms with E-state index >= 15 is 8.78 Å². The Bertz CT molecular complexity index is 1280. The van der Waals surface area contributed by atoms with Gasteiger partial charge in [-0.2, -0.15) is 0 Å². The van der Waals surface area contributed by atoms with Gasteiger partial charge in [0, 0.05) is 24.6 Å². The summed E-state index contributed by atoms with van der Waals surface area (Å²) in [4.78, 5) is 49.6. The molecule has 4 amide bonds. The second kappa shape index (κ2) is 11.9. The maximum atomic E-state index is 15.1. The van der Waals surface area contributed by atoms with Crippen molar-refractivity contribution in [1.29, 1.82) is 0 Å². The first kappa shape index (κ1) is 27.6. The van der Waals surface area contributed by atoms with Crippen LogP contribution in [0.25, 0.3) is 11.1 Å². The number of rotatable bonds is 9. The molecule has 2 aliphatic rings. The summed E-state index contributed by atoms with van der Waals surface area (Å²) in [6, 6.07) is 7.76. The molecule has 0 radical (unpaired) electrons. The van der Waals surface area contributed by atoms with Gasteiger partial charge in [0.05, 0.1) is 37.6 Å². The Kier molecular flexibility index (Phi) is 8.44. The molecule has 39 heavy (non-hydrogen) atoms. The zero-order chi connectivity index (χ0) is 28.1. The highest BCUT2D eigenvalue weighted by atomic mass is 19.1. The van der Waals surface area contributed by atoms with Crippen LogP contribution in [-0.2, 0) is 19.0 Å². The van der Waals surface area contributed by atoms with Crippen LogP contribution in [0.4, 0.5) is 34.5 Å². The Balaban J connectivity index is 1.42. The van der Waals surface area contributed by atoms with Gasteiger partial charge in [-0.1, -0.05) is 0 Å². The molecule has 2 atom stereocenters.